The van der Waals surface area contributed by atoms with Crippen LogP contribution in [0.3, 0.4) is 0 Å². The minimum absolute atomic E-state index is 0.330. The number of amides is 1. The van der Waals surface area contributed by atoms with Crippen LogP contribution in [0.15, 0.2) is 14.3 Å². The van der Waals surface area contributed by atoms with Crippen LogP contribution < -0.4 is 5.32 Å². The van der Waals surface area contributed by atoms with Gasteiger partial charge in [-0.3, -0.25) is 4.79 Å². The Kier molecular flexibility index (Phi) is 3.61. The predicted octanol–water partition coefficient (Wildman–Crippen LogP) is 3.01. The van der Waals surface area contributed by atoms with Gasteiger partial charge < -0.3 is 10.4 Å². The molecule has 1 aliphatic carbocycles. The molecule has 7 heteroatoms. The number of halogens is 2. The van der Waals surface area contributed by atoms with Crippen LogP contribution in [-0.4, -0.2) is 22.5 Å². The SMILES string of the molecule is O=C(NC1(C(=O)O)CCC1)c1cc(Br)c(Br)s1. The molecular weight excluding hydrogens is 374 g/mol. The van der Waals surface area contributed by atoms with Gasteiger partial charge in [-0.25, -0.2) is 4.79 Å². The topological polar surface area (TPSA) is 66.4 Å². The quantitative estimate of drug-likeness (QED) is 0.844. The maximum Gasteiger partial charge on any atom is 0.329 e. The van der Waals surface area contributed by atoms with Gasteiger partial charge >= 0.3 is 5.97 Å². The first kappa shape index (κ1) is 13.0. The van der Waals surface area contributed by atoms with Crippen LogP contribution in [0.2, 0.25) is 0 Å². The summed E-state index contributed by atoms with van der Waals surface area (Å²) in [6.07, 6.45) is 1.84. The normalized spacial score (nSPS) is 17.3. The maximum absolute atomic E-state index is 11.9. The van der Waals surface area contributed by atoms with E-state index >= 15 is 0 Å². The van der Waals surface area contributed by atoms with E-state index in [1.807, 2.05) is 0 Å². The first-order valence-electron chi connectivity index (χ1n) is 4.95. The molecule has 0 unspecified atom stereocenters. The van der Waals surface area contributed by atoms with Gasteiger partial charge in [0.2, 0.25) is 0 Å². The van der Waals surface area contributed by atoms with Crippen molar-refractivity contribution in [3.8, 4) is 0 Å². The van der Waals surface area contributed by atoms with Crippen molar-refractivity contribution >= 4 is 55.1 Å². The van der Waals surface area contributed by atoms with Crippen molar-refractivity contribution in [2.75, 3.05) is 0 Å². The van der Waals surface area contributed by atoms with Gasteiger partial charge in [-0.15, -0.1) is 11.3 Å². The summed E-state index contributed by atoms with van der Waals surface area (Å²) in [5, 5.41) is 11.7. The summed E-state index contributed by atoms with van der Waals surface area (Å²) in [6, 6.07) is 1.68. The molecule has 1 saturated carbocycles. The lowest BCUT2D eigenvalue weighted by molar-refractivity contribution is -0.148. The van der Waals surface area contributed by atoms with Crippen LogP contribution in [0.5, 0.6) is 0 Å². The van der Waals surface area contributed by atoms with E-state index in [0.29, 0.717) is 17.7 Å². The highest BCUT2D eigenvalue weighted by Gasteiger charge is 2.45. The molecule has 0 aromatic carbocycles. The smallest absolute Gasteiger partial charge is 0.329 e. The molecule has 1 aliphatic rings. The number of nitrogens with one attached hydrogen (secondary N) is 1. The Balaban J connectivity index is 2.14. The molecule has 0 saturated heterocycles. The largest absolute Gasteiger partial charge is 0.480 e. The third-order valence-electron chi connectivity index (χ3n) is 2.84. The van der Waals surface area contributed by atoms with E-state index in [1.165, 1.54) is 11.3 Å². The summed E-state index contributed by atoms with van der Waals surface area (Å²) in [5.74, 6) is -1.28. The second-order valence-corrected chi connectivity index (χ2v) is 7.15. The first-order chi connectivity index (χ1) is 7.94. The molecular formula is C10H9Br2NO3S. The average molecular weight is 383 g/mol. The molecule has 0 bridgehead atoms. The highest BCUT2D eigenvalue weighted by molar-refractivity contribution is 9.13. The Morgan fingerprint density at radius 2 is 2.06 bits per heavy atom. The van der Waals surface area contributed by atoms with E-state index in [0.717, 1.165) is 14.7 Å². The van der Waals surface area contributed by atoms with Gasteiger partial charge in [0.15, 0.2) is 0 Å². The number of carbonyl (C=O) groups is 2. The molecule has 1 aromatic heterocycles. The van der Waals surface area contributed by atoms with E-state index in [-0.39, 0.29) is 5.91 Å². The van der Waals surface area contributed by atoms with Gasteiger partial charge in [0.25, 0.3) is 5.91 Å². The van der Waals surface area contributed by atoms with E-state index in [4.69, 9.17) is 5.11 Å². The van der Waals surface area contributed by atoms with Crippen molar-refractivity contribution in [1.29, 1.82) is 0 Å². The number of hydrogen-bond acceptors (Lipinski definition) is 3. The van der Waals surface area contributed by atoms with Crippen LogP contribution in [0.1, 0.15) is 28.9 Å². The number of carboxylic acid groups (broad SMARTS) is 1. The Hall–Kier alpha value is -0.400. The summed E-state index contributed by atoms with van der Waals surface area (Å²) < 4.78 is 1.62. The number of hydrogen-bond donors (Lipinski definition) is 2. The number of carbonyl (C=O) groups excluding carboxylic acids is 1. The van der Waals surface area contributed by atoms with E-state index < -0.39 is 11.5 Å². The molecule has 0 aliphatic heterocycles. The van der Waals surface area contributed by atoms with E-state index in [1.54, 1.807) is 6.07 Å². The van der Waals surface area contributed by atoms with Crippen molar-refractivity contribution in [3.05, 3.63) is 19.2 Å². The van der Waals surface area contributed by atoms with Crippen molar-refractivity contribution in [2.45, 2.75) is 24.8 Å². The first-order valence-corrected chi connectivity index (χ1v) is 7.36. The molecule has 17 heavy (non-hydrogen) atoms. The molecule has 0 spiro atoms. The fourth-order valence-corrected chi connectivity index (χ4v) is 3.59. The van der Waals surface area contributed by atoms with Crippen molar-refractivity contribution in [2.24, 2.45) is 0 Å². The summed E-state index contributed by atoms with van der Waals surface area (Å²) in [5.41, 5.74) is -1.06. The minimum Gasteiger partial charge on any atom is -0.480 e. The van der Waals surface area contributed by atoms with Gasteiger partial charge in [0.05, 0.1) is 8.66 Å². The maximum atomic E-state index is 11.9. The molecule has 2 rings (SSSR count). The Labute approximate surface area is 119 Å². The van der Waals surface area contributed by atoms with Gasteiger partial charge in [0, 0.05) is 4.47 Å². The highest BCUT2D eigenvalue weighted by atomic mass is 79.9. The van der Waals surface area contributed by atoms with Crippen LogP contribution in [0.25, 0.3) is 0 Å². The predicted molar refractivity (Wildman–Crippen MR) is 71.4 cm³/mol. The Morgan fingerprint density at radius 3 is 2.41 bits per heavy atom. The minimum atomic E-state index is -1.06. The highest BCUT2D eigenvalue weighted by Crippen LogP contribution is 2.35. The number of carboxylic acids is 1. The Morgan fingerprint density at radius 1 is 1.41 bits per heavy atom. The van der Waals surface area contributed by atoms with Crippen LogP contribution in [0.4, 0.5) is 0 Å². The molecule has 1 fully saturated rings. The summed E-state index contributed by atoms with van der Waals surface area (Å²) in [4.78, 5) is 23.5. The molecule has 1 aromatic rings. The summed E-state index contributed by atoms with van der Waals surface area (Å²) in [7, 11) is 0. The third-order valence-corrected chi connectivity index (χ3v) is 6.09. The fraction of sp³-hybridized carbons (Fsp3) is 0.400. The van der Waals surface area contributed by atoms with Crippen molar-refractivity contribution in [1.82, 2.24) is 5.32 Å². The number of thiophene rings is 1. The lowest BCUT2D eigenvalue weighted by Crippen LogP contribution is -2.59. The van der Waals surface area contributed by atoms with E-state index in [2.05, 4.69) is 37.2 Å². The molecule has 0 atom stereocenters. The molecule has 1 amide bonds. The van der Waals surface area contributed by atoms with Gasteiger partial charge in [-0.1, -0.05) is 0 Å². The van der Waals surface area contributed by atoms with Crippen LogP contribution in [-0.2, 0) is 4.79 Å². The van der Waals surface area contributed by atoms with Crippen molar-refractivity contribution < 1.29 is 14.7 Å². The van der Waals surface area contributed by atoms with Crippen LogP contribution in [0, 0.1) is 0 Å². The third kappa shape index (κ3) is 2.41. The fourth-order valence-electron chi connectivity index (χ4n) is 1.66. The molecule has 4 nitrogen and oxygen atoms in total. The molecule has 2 N–H and O–H groups in total. The summed E-state index contributed by atoms with van der Waals surface area (Å²) in [6.45, 7) is 0. The van der Waals surface area contributed by atoms with Gasteiger partial charge in [-0.2, -0.15) is 0 Å². The van der Waals surface area contributed by atoms with Gasteiger partial charge in [0.1, 0.15) is 5.54 Å². The standard InChI is InChI=1S/C10H9Br2NO3S/c11-5-4-6(17-7(5)12)8(14)13-10(9(15)16)2-1-3-10/h4H,1-3H2,(H,13,14)(H,15,16). The second-order valence-electron chi connectivity index (χ2n) is 3.93. The Bertz CT molecular complexity index is 462. The summed E-state index contributed by atoms with van der Waals surface area (Å²) >= 11 is 7.86. The van der Waals surface area contributed by atoms with Gasteiger partial charge in [-0.05, 0) is 57.2 Å². The zero-order valence-electron chi connectivity index (χ0n) is 8.63. The zero-order chi connectivity index (χ0) is 12.6. The molecule has 92 valence electrons. The lowest BCUT2D eigenvalue weighted by Gasteiger charge is -2.38. The van der Waals surface area contributed by atoms with Crippen molar-refractivity contribution in [3.63, 3.8) is 0 Å². The zero-order valence-corrected chi connectivity index (χ0v) is 12.6. The van der Waals surface area contributed by atoms with E-state index in [9.17, 15) is 9.59 Å². The lowest BCUT2D eigenvalue weighted by atomic mass is 9.77. The molecule has 1 heterocycles. The second kappa shape index (κ2) is 4.70. The average Bonchev–Trinajstić information content (AvgIpc) is 2.52. The number of rotatable bonds is 3. The van der Waals surface area contributed by atoms with Crippen LogP contribution >= 0.6 is 43.2 Å². The molecule has 0 radical (unpaired) electrons. The monoisotopic (exact) mass is 381 g/mol. The number of aliphatic carboxylic acids is 1.